The molecule has 12 aromatic carbocycles. The van der Waals surface area contributed by atoms with Gasteiger partial charge in [-0.15, -0.1) is 11.1 Å². The van der Waals surface area contributed by atoms with Crippen LogP contribution in [0.4, 0.5) is 0 Å². The molecular weight excluding hydrogens is 1270 g/mol. The SMILES string of the molecule is [Au+].[Au+].[C-]#Cc1c2ccccc2c(-c2ccccc2)c2ccccc12.[C-]#Cc1c2ccccc2cc2ccccc12.c1ccc([PH+](c2ccccc2)c2ccccc2[PH+](c2ccccc2)c2ccccc2)cc1. The van der Waals surface area contributed by atoms with E-state index in [4.69, 9.17) is 12.8 Å². The first kappa shape index (κ1) is 51.5. The molecule has 12 rings (SSSR count). The molecule has 0 saturated heterocycles. The summed E-state index contributed by atoms with van der Waals surface area (Å²) < 4.78 is 0. The van der Waals surface area contributed by atoms with Gasteiger partial charge in [0.25, 0.3) is 0 Å². The molecule has 0 aliphatic rings. The third-order valence-corrected chi connectivity index (χ3v) is 18.6. The number of hydrogen-bond acceptors (Lipinski definition) is 0. The minimum Gasteiger partial charge on any atom is -0.366 e. The van der Waals surface area contributed by atoms with Crippen LogP contribution in [0.2, 0.25) is 0 Å². The third kappa shape index (κ3) is 11.1. The molecule has 0 amide bonds. The zero-order valence-corrected chi connectivity index (χ0v) is 45.5. The van der Waals surface area contributed by atoms with Crippen molar-refractivity contribution in [3.63, 3.8) is 0 Å². The van der Waals surface area contributed by atoms with Crippen LogP contribution in [0.25, 0.3) is 54.2 Å². The summed E-state index contributed by atoms with van der Waals surface area (Å²) in [4.78, 5) is 0. The molecule has 0 aliphatic carbocycles. The van der Waals surface area contributed by atoms with Gasteiger partial charge in [-0.1, -0.05) is 234 Å². The largest absolute Gasteiger partial charge is 1.00 e. The Kier molecular flexibility index (Phi) is 17.9. The van der Waals surface area contributed by atoms with Crippen LogP contribution >= 0.6 is 15.8 Å². The van der Waals surface area contributed by atoms with Gasteiger partial charge in [0.15, 0.2) is 0 Å². The smallest absolute Gasteiger partial charge is 0.366 e. The van der Waals surface area contributed by atoms with Crippen molar-refractivity contribution in [3.8, 4) is 23.0 Å². The second-order valence-electron chi connectivity index (χ2n) is 16.9. The molecular formula is C68H48Au2P2+2. The summed E-state index contributed by atoms with van der Waals surface area (Å²) in [6.45, 7) is 0. The standard InChI is InChI=1S/C30H24P2.C22H13.C16H9.2Au/c1-5-15-25(16-6-1)31(26-17-7-2-8-18-26)29-23-13-14-24-30(29)32(27-19-9-3-10-20-27)28-21-11-4-12-22-28;1-2-17-18-12-6-8-14-20(18)22(16-10-4-3-5-11-16)21-15-9-7-13-19(17)21;1-2-14-15-9-5-3-7-12(15)11-13-8-4-6-10-16(13)14;;/h1-24H;3-15H;3-11H;;/q;2*-1;2*+1/p+2. The van der Waals surface area contributed by atoms with Gasteiger partial charge in [-0.05, 0) is 99.4 Å². The fraction of sp³-hybridized carbons (Fsp3) is 0. The van der Waals surface area contributed by atoms with Crippen LogP contribution in [0.3, 0.4) is 0 Å². The third-order valence-electron chi connectivity index (χ3n) is 12.7. The molecule has 0 radical (unpaired) electrons. The normalized spacial score (nSPS) is 10.5. The molecule has 12 aromatic rings. The fourth-order valence-electron chi connectivity index (χ4n) is 9.62. The predicted molar refractivity (Wildman–Crippen MR) is 307 cm³/mol. The Hall–Kier alpha value is -6.86. The van der Waals surface area contributed by atoms with Gasteiger partial charge in [0.2, 0.25) is 0 Å². The summed E-state index contributed by atoms with van der Waals surface area (Å²) in [5.74, 6) is 5.20. The number of rotatable bonds is 7. The zero-order chi connectivity index (χ0) is 47.5. The van der Waals surface area contributed by atoms with Crippen molar-refractivity contribution in [2.24, 2.45) is 0 Å². The van der Waals surface area contributed by atoms with Gasteiger partial charge in [0, 0.05) is 0 Å². The van der Waals surface area contributed by atoms with E-state index >= 15 is 0 Å². The predicted octanol–water partition coefficient (Wildman–Crippen LogP) is 14.2. The maximum Gasteiger partial charge on any atom is 1.00 e. The van der Waals surface area contributed by atoms with Gasteiger partial charge >= 0.3 is 44.8 Å². The van der Waals surface area contributed by atoms with Crippen LogP contribution in [0, 0.1) is 24.7 Å². The van der Waals surface area contributed by atoms with Crippen LogP contribution in [-0.2, 0) is 44.8 Å². The molecule has 0 heterocycles. The Bertz CT molecular complexity index is 3500. The Morgan fingerprint density at radius 1 is 0.264 bits per heavy atom. The molecule has 0 nitrogen and oxygen atoms in total. The van der Waals surface area contributed by atoms with E-state index in [2.05, 4.69) is 236 Å². The van der Waals surface area contributed by atoms with E-state index in [1.54, 1.807) is 0 Å². The monoisotopic (exact) mass is 1320 g/mol. The Balaban J connectivity index is 0.000000151. The minimum absolute atomic E-state index is 0. The van der Waals surface area contributed by atoms with Gasteiger partial charge in [0.1, 0.15) is 47.7 Å². The van der Waals surface area contributed by atoms with Crippen molar-refractivity contribution >= 4 is 90.8 Å². The number of benzene rings is 12. The van der Waals surface area contributed by atoms with E-state index in [0.29, 0.717) is 0 Å². The summed E-state index contributed by atoms with van der Waals surface area (Å²) in [6.07, 6.45) is 15.2. The topological polar surface area (TPSA) is 0 Å². The van der Waals surface area contributed by atoms with Crippen molar-refractivity contribution in [2.75, 3.05) is 0 Å². The fourth-order valence-corrected chi connectivity index (χ4v) is 15.6. The van der Waals surface area contributed by atoms with Crippen LogP contribution in [0.1, 0.15) is 11.1 Å². The van der Waals surface area contributed by atoms with Crippen molar-refractivity contribution < 1.29 is 44.8 Å². The molecule has 0 N–H and O–H groups in total. The number of hydrogen-bond donors (Lipinski definition) is 0. The van der Waals surface area contributed by atoms with Crippen molar-refractivity contribution in [1.82, 2.24) is 0 Å². The van der Waals surface area contributed by atoms with Gasteiger partial charge in [-0.3, -0.25) is 11.8 Å². The second-order valence-corrected chi connectivity index (χ2v) is 21.8. The summed E-state index contributed by atoms with van der Waals surface area (Å²) in [5.41, 5.74) is 4.18. The Labute approximate surface area is 457 Å². The van der Waals surface area contributed by atoms with Gasteiger partial charge in [-0.2, -0.15) is 0 Å². The van der Waals surface area contributed by atoms with Gasteiger partial charge in [-0.25, -0.2) is 0 Å². The van der Waals surface area contributed by atoms with Crippen molar-refractivity contribution in [1.29, 1.82) is 0 Å². The molecule has 0 aliphatic heterocycles. The first-order valence-electron chi connectivity index (χ1n) is 23.5. The summed E-state index contributed by atoms with van der Waals surface area (Å²) in [6, 6.07) is 98.8. The van der Waals surface area contributed by atoms with Crippen LogP contribution in [0.15, 0.2) is 279 Å². The zero-order valence-electron chi connectivity index (χ0n) is 39.2. The van der Waals surface area contributed by atoms with E-state index in [-0.39, 0.29) is 44.8 Å². The van der Waals surface area contributed by atoms with Crippen LogP contribution in [0.5, 0.6) is 0 Å². The molecule has 0 atom stereocenters. The molecule has 4 heteroatoms. The molecule has 0 fully saturated rings. The quantitative estimate of drug-likeness (QED) is 0.0490. The minimum atomic E-state index is -1.14. The van der Waals surface area contributed by atoms with Crippen LogP contribution in [-0.4, -0.2) is 0 Å². The van der Waals surface area contributed by atoms with Crippen LogP contribution < -0.4 is 31.8 Å². The summed E-state index contributed by atoms with van der Waals surface area (Å²) in [5, 5.41) is 17.7. The first-order chi connectivity index (χ1) is 34.7. The number of fused-ring (bicyclic) bond motifs is 4. The van der Waals surface area contributed by atoms with Crippen molar-refractivity contribution in [3.05, 3.63) is 303 Å². The van der Waals surface area contributed by atoms with E-state index in [9.17, 15) is 0 Å². The molecule has 0 bridgehead atoms. The van der Waals surface area contributed by atoms with Gasteiger partial charge < -0.3 is 12.8 Å². The maximum atomic E-state index is 7.73. The molecule has 350 valence electrons. The average molecular weight is 1320 g/mol. The molecule has 0 spiro atoms. The first-order valence-corrected chi connectivity index (χ1v) is 26.5. The average Bonchev–Trinajstić information content (AvgIpc) is 3.44. The summed E-state index contributed by atoms with van der Waals surface area (Å²) >= 11 is 0. The Morgan fingerprint density at radius 3 is 0.875 bits per heavy atom. The van der Waals surface area contributed by atoms with E-state index < -0.39 is 15.8 Å². The molecule has 0 saturated carbocycles. The Morgan fingerprint density at radius 2 is 0.528 bits per heavy atom. The maximum absolute atomic E-state index is 7.73. The van der Waals surface area contributed by atoms with E-state index in [0.717, 1.165) is 43.4 Å². The summed E-state index contributed by atoms with van der Waals surface area (Å²) in [7, 11) is -2.28. The molecule has 0 aromatic heterocycles. The van der Waals surface area contributed by atoms with Gasteiger partial charge in [0.05, 0.1) is 0 Å². The second kappa shape index (κ2) is 25.0. The van der Waals surface area contributed by atoms with E-state index in [1.807, 2.05) is 54.6 Å². The molecule has 72 heavy (non-hydrogen) atoms. The van der Waals surface area contributed by atoms with Crippen molar-refractivity contribution in [2.45, 2.75) is 0 Å². The molecule has 0 unspecified atom stereocenters. The van der Waals surface area contributed by atoms with E-state index in [1.165, 1.54) is 53.7 Å².